The third kappa shape index (κ3) is 24.6. The Kier molecular flexibility index (Phi) is 13.1. The fourth-order valence-corrected chi connectivity index (χ4v) is 0.664. The lowest BCUT2D eigenvalue weighted by Gasteiger charge is -1.95. The SMILES string of the molecule is CCCC(C)O.CCCOC(C)=O. The molecule has 0 heterocycles. The van der Waals surface area contributed by atoms with Crippen molar-refractivity contribution < 1.29 is 14.6 Å². The van der Waals surface area contributed by atoms with Gasteiger partial charge in [-0.25, -0.2) is 0 Å². The van der Waals surface area contributed by atoms with E-state index >= 15 is 0 Å². The molecule has 0 spiro atoms. The van der Waals surface area contributed by atoms with E-state index in [9.17, 15) is 4.79 Å². The summed E-state index contributed by atoms with van der Waals surface area (Å²) in [7, 11) is 0. The summed E-state index contributed by atoms with van der Waals surface area (Å²) in [6, 6.07) is 0. The van der Waals surface area contributed by atoms with E-state index in [-0.39, 0.29) is 12.1 Å². The average molecular weight is 190 g/mol. The van der Waals surface area contributed by atoms with Crippen LogP contribution in [0.5, 0.6) is 0 Å². The Morgan fingerprint density at radius 2 is 1.92 bits per heavy atom. The van der Waals surface area contributed by atoms with Gasteiger partial charge in [-0.05, 0) is 19.8 Å². The van der Waals surface area contributed by atoms with Crippen LogP contribution in [-0.2, 0) is 9.53 Å². The molecule has 0 fully saturated rings. The van der Waals surface area contributed by atoms with E-state index in [2.05, 4.69) is 11.7 Å². The predicted octanol–water partition coefficient (Wildman–Crippen LogP) is 2.13. The highest BCUT2D eigenvalue weighted by Gasteiger charge is 1.87. The quantitative estimate of drug-likeness (QED) is 0.691. The van der Waals surface area contributed by atoms with Crippen LogP contribution in [0.2, 0.25) is 0 Å². The van der Waals surface area contributed by atoms with Gasteiger partial charge in [0.25, 0.3) is 0 Å². The van der Waals surface area contributed by atoms with Gasteiger partial charge in [0.15, 0.2) is 0 Å². The smallest absolute Gasteiger partial charge is 0.302 e. The largest absolute Gasteiger partial charge is 0.466 e. The number of esters is 1. The van der Waals surface area contributed by atoms with Crippen molar-refractivity contribution in [2.45, 2.75) is 53.1 Å². The number of hydrogen-bond acceptors (Lipinski definition) is 3. The van der Waals surface area contributed by atoms with Gasteiger partial charge in [0, 0.05) is 6.92 Å². The van der Waals surface area contributed by atoms with Gasteiger partial charge in [0.2, 0.25) is 0 Å². The zero-order valence-electron chi connectivity index (χ0n) is 9.17. The van der Waals surface area contributed by atoms with E-state index in [1.165, 1.54) is 6.92 Å². The summed E-state index contributed by atoms with van der Waals surface area (Å²) in [5, 5.41) is 8.55. The van der Waals surface area contributed by atoms with Crippen molar-refractivity contribution in [1.82, 2.24) is 0 Å². The Bertz CT molecular complexity index is 111. The van der Waals surface area contributed by atoms with Gasteiger partial charge in [0.1, 0.15) is 0 Å². The van der Waals surface area contributed by atoms with Gasteiger partial charge in [-0.3, -0.25) is 4.79 Å². The highest BCUT2D eigenvalue weighted by atomic mass is 16.5. The van der Waals surface area contributed by atoms with Crippen molar-refractivity contribution in [2.75, 3.05) is 6.61 Å². The van der Waals surface area contributed by atoms with Crippen molar-refractivity contribution in [2.24, 2.45) is 0 Å². The first-order chi connectivity index (χ1) is 6.04. The van der Waals surface area contributed by atoms with E-state index in [0.717, 1.165) is 19.3 Å². The first-order valence-electron chi connectivity index (χ1n) is 4.85. The molecule has 0 aromatic rings. The molecular formula is C10H22O3. The second-order valence-corrected chi connectivity index (χ2v) is 2.98. The molecule has 0 aromatic carbocycles. The highest BCUT2D eigenvalue weighted by molar-refractivity contribution is 5.65. The third-order valence-corrected chi connectivity index (χ3v) is 1.22. The monoisotopic (exact) mass is 190 g/mol. The first kappa shape index (κ1) is 14.9. The van der Waals surface area contributed by atoms with E-state index in [1.54, 1.807) is 0 Å². The van der Waals surface area contributed by atoms with Gasteiger partial charge in [0.05, 0.1) is 12.7 Å². The predicted molar refractivity (Wildman–Crippen MR) is 53.5 cm³/mol. The van der Waals surface area contributed by atoms with Crippen LogP contribution in [0.3, 0.4) is 0 Å². The summed E-state index contributed by atoms with van der Waals surface area (Å²) >= 11 is 0. The lowest BCUT2D eigenvalue weighted by Crippen LogP contribution is -1.98. The van der Waals surface area contributed by atoms with Crippen LogP contribution < -0.4 is 0 Å². The molecule has 0 saturated heterocycles. The van der Waals surface area contributed by atoms with Crippen LogP contribution in [0.4, 0.5) is 0 Å². The molecule has 0 aliphatic heterocycles. The van der Waals surface area contributed by atoms with Crippen molar-refractivity contribution in [1.29, 1.82) is 0 Å². The van der Waals surface area contributed by atoms with Crippen molar-refractivity contribution >= 4 is 5.97 Å². The number of aliphatic hydroxyl groups excluding tert-OH is 1. The molecule has 0 aliphatic carbocycles. The van der Waals surface area contributed by atoms with Gasteiger partial charge in [-0.1, -0.05) is 20.3 Å². The molecular weight excluding hydrogens is 168 g/mol. The average Bonchev–Trinajstić information content (AvgIpc) is 2.01. The lowest BCUT2D eigenvalue weighted by atomic mass is 10.2. The Hall–Kier alpha value is -0.570. The summed E-state index contributed by atoms with van der Waals surface area (Å²) in [6.07, 6.45) is 2.81. The van der Waals surface area contributed by atoms with E-state index in [4.69, 9.17) is 5.11 Å². The van der Waals surface area contributed by atoms with Gasteiger partial charge in [-0.15, -0.1) is 0 Å². The Balaban J connectivity index is 0. The maximum Gasteiger partial charge on any atom is 0.302 e. The normalized spacial score (nSPS) is 11.2. The molecule has 13 heavy (non-hydrogen) atoms. The fraction of sp³-hybridized carbons (Fsp3) is 0.900. The second kappa shape index (κ2) is 11.4. The minimum Gasteiger partial charge on any atom is -0.466 e. The Morgan fingerprint density at radius 3 is 2.00 bits per heavy atom. The number of ether oxygens (including phenoxy) is 1. The minimum absolute atomic E-state index is 0.102. The van der Waals surface area contributed by atoms with E-state index in [1.807, 2.05) is 13.8 Å². The summed E-state index contributed by atoms with van der Waals surface area (Å²) in [4.78, 5) is 9.98. The second-order valence-electron chi connectivity index (χ2n) is 2.98. The number of hydrogen-bond donors (Lipinski definition) is 1. The highest BCUT2D eigenvalue weighted by Crippen LogP contribution is 1.91. The molecule has 0 saturated carbocycles. The van der Waals surface area contributed by atoms with Gasteiger partial charge >= 0.3 is 5.97 Å². The standard InChI is InChI=1S/C5H10O2.C5H12O/c1-3-4-7-5(2)6;1-3-4-5(2)6/h3-4H2,1-2H3;5-6H,3-4H2,1-2H3. The van der Waals surface area contributed by atoms with Crippen LogP contribution in [0, 0.1) is 0 Å². The molecule has 0 rings (SSSR count). The first-order valence-corrected chi connectivity index (χ1v) is 4.85. The summed E-state index contributed by atoms with van der Waals surface area (Å²) < 4.78 is 4.55. The molecule has 0 radical (unpaired) electrons. The van der Waals surface area contributed by atoms with E-state index < -0.39 is 0 Å². The van der Waals surface area contributed by atoms with Crippen LogP contribution >= 0.6 is 0 Å². The van der Waals surface area contributed by atoms with Crippen LogP contribution in [-0.4, -0.2) is 23.8 Å². The maximum absolute atomic E-state index is 9.98. The summed E-state index contributed by atoms with van der Waals surface area (Å²) in [6.45, 7) is 7.80. The Labute approximate surface area is 81.1 Å². The van der Waals surface area contributed by atoms with Crippen LogP contribution in [0.1, 0.15) is 47.0 Å². The molecule has 0 aliphatic rings. The molecule has 0 amide bonds. The number of aliphatic hydroxyl groups is 1. The lowest BCUT2D eigenvalue weighted by molar-refractivity contribution is -0.140. The molecule has 3 nitrogen and oxygen atoms in total. The summed E-state index contributed by atoms with van der Waals surface area (Å²) in [5.74, 6) is -0.193. The van der Waals surface area contributed by atoms with Gasteiger partial charge < -0.3 is 9.84 Å². The number of carbonyl (C=O) groups excluding carboxylic acids is 1. The van der Waals surface area contributed by atoms with Crippen LogP contribution in [0.15, 0.2) is 0 Å². The van der Waals surface area contributed by atoms with Crippen molar-refractivity contribution in [3.8, 4) is 0 Å². The number of rotatable bonds is 4. The Morgan fingerprint density at radius 1 is 1.38 bits per heavy atom. The zero-order chi connectivity index (χ0) is 10.7. The van der Waals surface area contributed by atoms with Crippen molar-refractivity contribution in [3.63, 3.8) is 0 Å². The minimum atomic E-state index is -0.193. The number of carbonyl (C=O) groups is 1. The van der Waals surface area contributed by atoms with Crippen LogP contribution in [0.25, 0.3) is 0 Å². The maximum atomic E-state index is 9.98. The molecule has 0 bridgehead atoms. The van der Waals surface area contributed by atoms with Gasteiger partial charge in [-0.2, -0.15) is 0 Å². The fourth-order valence-electron chi connectivity index (χ4n) is 0.664. The topological polar surface area (TPSA) is 46.5 Å². The molecule has 1 N–H and O–H groups in total. The molecule has 80 valence electrons. The molecule has 1 unspecified atom stereocenters. The molecule has 3 heteroatoms. The third-order valence-electron chi connectivity index (χ3n) is 1.22. The zero-order valence-corrected chi connectivity index (χ0v) is 9.17. The molecule has 0 aromatic heterocycles. The summed E-state index contributed by atoms with van der Waals surface area (Å²) in [5.41, 5.74) is 0. The van der Waals surface area contributed by atoms with Crippen molar-refractivity contribution in [3.05, 3.63) is 0 Å². The van der Waals surface area contributed by atoms with E-state index in [0.29, 0.717) is 6.61 Å². The molecule has 1 atom stereocenters.